The van der Waals surface area contributed by atoms with Gasteiger partial charge in [0.2, 0.25) is 5.78 Å². The minimum atomic E-state index is -0.119. The summed E-state index contributed by atoms with van der Waals surface area (Å²) in [6.45, 7) is 1.85. The van der Waals surface area contributed by atoms with Crippen LogP contribution >= 0.6 is 11.6 Å². The first-order valence-corrected chi connectivity index (χ1v) is 5.90. The normalized spacial score (nSPS) is 11.0. The number of rotatable bonds is 2. The van der Waals surface area contributed by atoms with Crippen LogP contribution in [0.5, 0.6) is 0 Å². The van der Waals surface area contributed by atoms with Gasteiger partial charge in [0.25, 0.3) is 0 Å². The van der Waals surface area contributed by atoms with Gasteiger partial charge in [0.05, 0.1) is 11.8 Å². The largest absolute Gasteiger partial charge is 0.461 e. The second-order valence-corrected chi connectivity index (χ2v) is 4.59. The first-order valence-electron chi connectivity index (χ1n) is 5.52. The Hall–Kier alpha value is -2.00. The number of aryl methyl sites for hydroxylation is 1. The van der Waals surface area contributed by atoms with E-state index in [-0.39, 0.29) is 5.78 Å². The summed E-state index contributed by atoms with van der Waals surface area (Å²) >= 11 is 5.91. The Balaban J connectivity index is 2.16. The van der Waals surface area contributed by atoms with Crippen molar-refractivity contribution in [3.8, 4) is 0 Å². The number of furan rings is 1. The summed E-state index contributed by atoms with van der Waals surface area (Å²) in [5, 5.41) is 1.48. The lowest BCUT2D eigenvalue weighted by Gasteiger charge is -1.97. The molecule has 1 aromatic carbocycles. The van der Waals surface area contributed by atoms with Crippen LogP contribution in [-0.4, -0.2) is 10.8 Å². The van der Waals surface area contributed by atoms with E-state index in [2.05, 4.69) is 4.98 Å². The van der Waals surface area contributed by atoms with Crippen LogP contribution in [0.25, 0.3) is 10.9 Å². The number of nitrogens with one attached hydrogen (secondary N) is 1. The number of carbonyl (C=O) groups is 1. The number of hydrogen-bond donors (Lipinski definition) is 1. The van der Waals surface area contributed by atoms with Crippen LogP contribution in [0.15, 0.2) is 41.1 Å². The molecule has 90 valence electrons. The van der Waals surface area contributed by atoms with Gasteiger partial charge in [-0.15, -0.1) is 0 Å². The fraction of sp³-hybridized carbons (Fsp3) is 0.0714. The van der Waals surface area contributed by atoms with Gasteiger partial charge < -0.3 is 9.40 Å². The lowest BCUT2D eigenvalue weighted by atomic mass is 10.1. The molecule has 2 heterocycles. The van der Waals surface area contributed by atoms with Gasteiger partial charge in [-0.25, -0.2) is 0 Å². The summed E-state index contributed by atoms with van der Waals surface area (Å²) in [7, 11) is 0. The fourth-order valence-electron chi connectivity index (χ4n) is 2.01. The zero-order valence-electron chi connectivity index (χ0n) is 9.66. The van der Waals surface area contributed by atoms with Crippen molar-refractivity contribution in [2.24, 2.45) is 0 Å². The molecule has 0 amide bonds. The molecule has 0 atom stereocenters. The molecule has 0 fully saturated rings. The van der Waals surface area contributed by atoms with E-state index >= 15 is 0 Å². The molecule has 0 unspecified atom stereocenters. The van der Waals surface area contributed by atoms with Gasteiger partial charge in [-0.05, 0) is 30.7 Å². The van der Waals surface area contributed by atoms with Crippen LogP contribution in [0.1, 0.15) is 21.7 Å². The topological polar surface area (TPSA) is 46.0 Å². The molecule has 18 heavy (non-hydrogen) atoms. The number of carbonyl (C=O) groups excluding carboxylic acids is 1. The molecule has 0 aliphatic rings. The predicted octanol–water partition coefficient (Wildman–Crippen LogP) is 3.95. The molecule has 0 saturated heterocycles. The fourth-order valence-corrected chi connectivity index (χ4v) is 2.19. The Bertz CT molecular complexity index is 739. The Kier molecular flexibility index (Phi) is 2.49. The number of aromatic nitrogens is 1. The van der Waals surface area contributed by atoms with E-state index in [1.165, 1.54) is 6.26 Å². The quantitative estimate of drug-likeness (QED) is 0.708. The van der Waals surface area contributed by atoms with E-state index in [1.54, 1.807) is 24.4 Å². The van der Waals surface area contributed by atoms with Crippen LogP contribution < -0.4 is 0 Å². The lowest BCUT2D eigenvalue weighted by molar-refractivity contribution is 0.101. The van der Waals surface area contributed by atoms with Crippen molar-refractivity contribution in [1.29, 1.82) is 0 Å². The summed E-state index contributed by atoms with van der Waals surface area (Å²) in [6.07, 6.45) is 3.21. The van der Waals surface area contributed by atoms with Crippen molar-refractivity contribution in [2.75, 3.05) is 0 Å². The van der Waals surface area contributed by atoms with Gasteiger partial charge in [0.15, 0.2) is 5.76 Å². The van der Waals surface area contributed by atoms with Gasteiger partial charge in [0, 0.05) is 22.1 Å². The maximum atomic E-state index is 12.3. The second kappa shape index (κ2) is 4.03. The van der Waals surface area contributed by atoms with Crippen molar-refractivity contribution in [2.45, 2.75) is 6.92 Å². The van der Waals surface area contributed by atoms with Crippen molar-refractivity contribution >= 4 is 28.3 Å². The summed E-state index contributed by atoms with van der Waals surface area (Å²) < 4.78 is 5.23. The van der Waals surface area contributed by atoms with Crippen molar-refractivity contribution in [3.63, 3.8) is 0 Å². The zero-order valence-corrected chi connectivity index (χ0v) is 10.4. The maximum absolute atomic E-state index is 12.3. The van der Waals surface area contributed by atoms with Gasteiger partial charge >= 0.3 is 0 Å². The standard InChI is InChI=1S/C14H10ClNO2/c1-8-4-5-18-14(8)13(17)11-7-16-12-6-9(15)2-3-10(11)12/h2-7,16H,1H3. The first kappa shape index (κ1) is 11.1. The van der Waals surface area contributed by atoms with E-state index in [4.69, 9.17) is 16.0 Å². The molecule has 0 radical (unpaired) electrons. The third-order valence-electron chi connectivity index (χ3n) is 2.96. The van der Waals surface area contributed by atoms with Crippen LogP contribution in [0.2, 0.25) is 5.02 Å². The zero-order chi connectivity index (χ0) is 12.7. The van der Waals surface area contributed by atoms with Gasteiger partial charge in [-0.1, -0.05) is 17.7 Å². The van der Waals surface area contributed by atoms with E-state index in [0.29, 0.717) is 16.3 Å². The monoisotopic (exact) mass is 259 g/mol. The molecular weight excluding hydrogens is 250 g/mol. The summed E-state index contributed by atoms with van der Waals surface area (Å²) in [5.74, 6) is 0.261. The summed E-state index contributed by atoms with van der Waals surface area (Å²) in [5.41, 5.74) is 2.28. The SMILES string of the molecule is Cc1ccoc1C(=O)c1c[nH]c2cc(Cl)ccc12. The van der Waals surface area contributed by atoms with Crippen LogP contribution in [0.4, 0.5) is 0 Å². The molecule has 0 aliphatic heterocycles. The lowest BCUT2D eigenvalue weighted by Crippen LogP contribution is -2.00. The number of hydrogen-bond acceptors (Lipinski definition) is 2. The van der Waals surface area contributed by atoms with Crippen molar-refractivity contribution in [3.05, 3.63) is 58.6 Å². The van der Waals surface area contributed by atoms with Crippen LogP contribution in [0, 0.1) is 6.92 Å². The van der Waals surface area contributed by atoms with Gasteiger partial charge in [-0.3, -0.25) is 4.79 Å². The predicted molar refractivity (Wildman–Crippen MR) is 70.2 cm³/mol. The molecule has 0 spiro atoms. The van der Waals surface area contributed by atoms with E-state index in [0.717, 1.165) is 16.5 Å². The number of aromatic amines is 1. The average Bonchev–Trinajstić information content (AvgIpc) is 2.94. The third-order valence-corrected chi connectivity index (χ3v) is 3.19. The van der Waals surface area contributed by atoms with E-state index < -0.39 is 0 Å². The second-order valence-electron chi connectivity index (χ2n) is 4.15. The highest BCUT2D eigenvalue weighted by Crippen LogP contribution is 2.25. The molecule has 0 aliphatic carbocycles. The molecule has 4 heteroatoms. The smallest absolute Gasteiger partial charge is 0.230 e. The molecule has 3 aromatic rings. The number of fused-ring (bicyclic) bond motifs is 1. The Morgan fingerprint density at radius 3 is 2.89 bits per heavy atom. The van der Waals surface area contributed by atoms with Crippen molar-refractivity contribution in [1.82, 2.24) is 4.98 Å². The Morgan fingerprint density at radius 2 is 2.17 bits per heavy atom. The maximum Gasteiger partial charge on any atom is 0.230 e. The minimum Gasteiger partial charge on any atom is -0.461 e. The Morgan fingerprint density at radius 1 is 1.33 bits per heavy atom. The van der Waals surface area contributed by atoms with E-state index in [1.807, 2.05) is 13.0 Å². The highest BCUT2D eigenvalue weighted by atomic mass is 35.5. The summed E-state index contributed by atoms with van der Waals surface area (Å²) in [6, 6.07) is 7.17. The molecule has 0 bridgehead atoms. The minimum absolute atomic E-state index is 0.119. The van der Waals surface area contributed by atoms with Gasteiger partial charge in [-0.2, -0.15) is 0 Å². The molecule has 0 saturated carbocycles. The summed E-state index contributed by atoms with van der Waals surface area (Å²) in [4.78, 5) is 15.4. The number of ketones is 1. The number of benzene rings is 1. The Labute approximate surface area is 108 Å². The molecule has 2 aromatic heterocycles. The third kappa shape index (κ3) is 1.64. The van der Waals surface area contributed by atoms with Gasteiger partial charge in [0.1, 0.15) is 0 Å². The van der Waals surface area contributed by atoms with Crippen LogP contribution in [0.3, 0.4) is 0 Å². The molecular formula is C14H10ClNO2. The highest BCUT2D eigenvalue weighted by molar-refractivity contribution is 6.31. The molecule has 3 rings (SSSR count). The van der Waals surface area contributed by atoms with Crippen molar-refractivity contribution < 1.29 is 9.21 Å². The molecule has 3 nitrogen and oxygen atoms in total. The molecule has 1 N–H and O–H groups in total. The first-order chi connectivity index (χ1) is 8.66. The highest BCUT2D eigenvalue weighted by Gasteiger charge is 2.18. The van der Waals surface area contributed by atoms with E-state index in [9.17, 15) is 4.79 Å². The average molecular weight is 260 g/mol. The number of H-pyrrole nitrogens is 1. The van der Waals surface area contributed by atoms with Crippen LogP contribution in [-0.2, 0) is 0 Å². The number of halogens is 1.